The maximum absolute atomic E-state index is 12.1. The molecule has 19 heavy (non-hydrogen) atoms. The van der Waals surface area contributed by atoms with Gasteiger partial charge in [0.15, 0.2) is 0 Å². The Morgan fingerprint density at radius 2 is 2.05 bits per heavy atom. The number of aromatic nitrogens is 2. The highest BCUT2D eigenvalue weighted by Gasteiger charge is 2.17. The Kier molecular flexibility index (Phi) is 5.50. The Hall–Kier alpha value is -1.89. The molecule has 0 aliphatic heterocycles. The van der Waals surface area contributed by atoms with Crippen molar-refractivity contribution in [3.63, 3.8) is 0 Å². The van der Waals surface area contributed by atoms with Crippen LogP contribution in [0.3, 0.4) is 0 Å². The number of hydrogen-bond donors (Lipinski definition) is 3. The third kappa shape index (κ3) is 4.70. The van der Waals surface area contributed by atoms with Crippen molar-refractivity contribution in [2.24, 2.45) is 0 Å². The van der Waals surface area contributed by atoms with Gasteiger partial charge < -0.3 is 15.0 Å². The number of H-pyrrole nitrogens is 2. The molecule has 0 bridgehead atoms. The minimum atomic E-state index is -0.623. The topological polar surface area (TPSA) is 106 Å². The molecule has 0 fully saturated rings. The molecule has 0 aliphatic rings. The molecule has 3 N–H and O–H groups in total. The first-order chi connectivity index (χ1) is 8.93. The second-order valence-corrected chi connectivity index (χ2v) is 4.55. The number of rotatable bonds is 6. The van der Waals surface area contributed by atoms with Gasteiger partial charge in [0.05, 0.1) is 6.42 Å². The summed E-state index contributed by atoms with van der Waals surface area (Å²) >= 11 is 0. The van der Waals surface area contributed by atoms with E-state index in [0.29, 0.717) is 13.0 Å². The van der Waals surface area contributed by atoms with Gasteiger partial charge in [-0.3, -0.25) is 14.6 Å². The maximum Gasteiger partial charge on any atom is 0.325 e. The standard InChI is InChI=1S/C12H19N3O4/c1-8(2)15(4-3-5-16)11(18)7-9-6-10(17)14-12(19)13-9/h6,8,16H,3-5,7H2,1-2H3,(H2,13,14,17,19). The van der Waals surface area contributed by atoms with Crippen molar-refractivity contribution < 1.29 is 9.90 Å². The summed E-state index contributed by atoms with van der Waals surface area (Å²) in [6, 6.07) is 1.19. The average molecular weight is 269 g/mol. The van der Waals surface area contributed by atoms with Crippen LogP contribution < -0.4 is 11.2 Å². The lowest BCUT2D eigenvalue weighted by Gasteiger charge is -2.26. The number of aromatic amines is 2. The number of amides is 1. The van der Waals surface area contributed by atoms with Gasteiger partial charge in [-0.15, -0.1) is 0 Å². The monoisotopic (exact) mass is 269 g/mol. The summed E-state index contributed by atoms with van der Waals surface area (Å²) in [5.74, 6) is -0.190. The minimum Gasteiger partial charge on any atom is -0.396 e. The second-order valence-electron chi connectivity index (χ2n) is 4.55. The van der Waals surface area contributed by atoms with Crippen LogP contribution in [-0.4, -0.2) is 45.1 Å². The molecule has 1 rings (SSSR count). The largest absolute Gasteiger partial charge is 0.396 e. The Balaban J connectivity index is 2.81. The molecule has 0 saturated carbocycles. The number of aliphatic hydroxyl groups excluding tert-OH is 1. The zero-order valence-corrected chi connectivity index (χ0v) is 11.1. The summed E-state index contributed by atoms with van der Waals surface area (Å²) in [6.45, 7) is 4.20. The Morgan fingerprint density at radius 3 is 2.58 bits per heavy atom. The van der Waals surface area contributed by atoms with Crippen molar-refractivity contribution in [3.8, 4) is 0 Å². The molecule has 0 spiro atoms. The van der Waals surface area contributed by atoms with Crippen LogP contribution >= 0.6 is 0 Å². The number of carbonyl (C=O) groups excluding carboxylic acids is 1. The Morgan fingerprint density at radius 1 is 1.37 bits per heavy atom. The minimum absolute atomic E-state index is 0.00670. The number of hydrogen-bond acceptors (Lipinski definition) is 4. The molecule has 0 unspecified atom stereocenters. The lowest BCUT2D eigenvalue weighted by atomic mass is 10.2. The molecule has 106 valence electrons. The summed E-state index contributed by atoms with van der Waals surface area (Å²) in [4.78, 5) is 40.4. The van der Waals surface area contributed by atoms with Crippen LogP contribution in [0.2, 0.25) is 0 Å². The van der Waals surface area contributed by atoms with E-state index in [2.05, 4.69) is 4.98 Å². The van der Waals surface area contributed by atoms with Gasteiger partial charge in [0.1, 0.15) is 0 Å². The summed E-state index contributed by atoms with van der Waals surface area (Å²) in [5.41, 5.74) is -0.867. The number of aliphatic hydroxyl groups is 1. The van der Waals surface area contributed by atoms with Crippen LogP contribution in [0.4, 0.5) is 0 Å². The maximum atomic E-state index is 12.1. The van der Waals surface area contributed by atoms with Crippen molar-refractivity contribution in [2.75, 3.05) is 13.2 Å². The van der Waals surface area contributed by atoms with Crippen molar-refractivity contribution in [2.45, 2.75) is 32.7 Å². The van der Waals surface area contributed by atoms with Crippen LogP contribution in [0, 0.1) is 0 Å². The Bertz CT molecular complexity index is 504. The van der Waals surface area contributed by atoms with Gasteiger partial charge in [0, 0.05) is 31.0 Å². The van der Waals surface area contributed by atoms with Crippen LogP contribution in [-0.2, 0) is 11.2 Å². The first-order valence-electron chi connectivity index (χ1n) is 6.17. The SMILES string of the molecule is CC(C)N(CCCO)C(=O)Cc1cc(=O)[nH]c(=O)[nH]1. The van der Waals surface area contributed by atoms with E-state index >= 15 is 0 Å². The highest BCUT2D eigenvalue weighted by atomic mass is 16.3. The summed E-state index contributed by atoms with van der Waals surface area (Å²) in [6.07, 6.45) is 0.457. The van der Waals surface area contributed by atoms with Gasteiger partial charge in [-0.25, -0.2) is 4.79 Å². The molecule has 7 heteroatoms. The quantitative estimate of drug-likeness (QED) is 0.630. The van der Waals surface area contributed by atoms with Gasteiger partial charge >= 0.3 is 5.69 Å². The lowest BCUT2D eigenvalue weighted by Crippen LogP contribution is -2.39. The smallest absolute Gasteiger partial charge is 0.325 e. The third-order valence-electron chi connectivity index (χ3n) is 2.66. The lowest BCUT2D eigenvalue weighted by molar-refractivity contribution is -0.132. The molecule has 0 atom stereocenters. The molecule has 1 amide bonds. The molecular formula is C12H19N3O4. The van der Waals surface area contributed by atoms with Crippen LogP contribution in [0.15, 0.2) is 15.7 Å². The number of nitrogens with zero attached hydrogens (tertiary/aromatic N) is 1. The fourth-order valence-electron chi connectivity index (χ4n) is 1.79. The molecular weight excluding hydrogens is 250 g/mol. The average Bonchev–Trinajstić information content (AvgIpc) is 2.27. The predicted octanol–water partition coefficient (Wildman–Crippen LogP) is -0.775. The normalized spacial score (nSPS) is 10.7. The molecule has 0 saturated heterocycles. The van der Waals surface area contributed by atoms with E-state index in [-0.39, 0.29) is 30.7 Å². The van der Waals surface area contributed by atoms with E-state index in [9.17, 15) is 14.4 Å². The van der Waals surface area contributed by atoms with Crippen molar-refractivity contribution in [1.29, 1.82) is 0 Å². The molecule has 0 aliphatic carbocycles. The Labute approximate surface area is 110 Å². The van der Waals surface area contributed by atoms with Gasteiger partial charge in [-0.1, -0.05) is 0 Å². The molecule has 1 aromatic heterocycles. The number of carbonyl (C=O) groups is 1. The molecule has 7 nitrogen and oxygen atoms in total. The highest BCUT2D eigenvalue weighted by molar-refractivity contribution is 5.78. The highest BCUT2D eigenvalue weighted by Crippen LogP contribution is 2.04. The van der Waals surface area contributed by atoms with Gasteiger partial charge in [-0.05, 0) is 20.3 Å². The molecule has 1 aromatic rings. The molecule has 1 heterocycles. The van der Waals surface area contributed by atoms with E-state index in [1.54, 1.807) is 4.90 Å². The third-order valence-corrected chi connectivity index (χ3v) is 2.66. The number of nitrogens with one attached hydrogen (secondary N) is 2. The zero-order chi connectivity index (χ0) is 14.4. The van der Waals surface area contributed by atoms with Crippen molar-refractivity contribution in [1.82, 2.24) is 14.9 Å². The van der Waals surface area contributed by atoms with Crippen molar-refractivity contribution >= 4 is 5.91 Å². The van der Waals surface area contributed by atoms with Crippen LogP contribution in [0.25, 0.3) is 0 Å². The molecule has 0 radical (unpaired) electrons. The van der Waals surface area contributed by atoms with E-state index in [1.165, 1.54) is 6.07 Å². The van der Waals surface area contributed by atoms with Crippen LogP contribution in [0.5, 0.6) is 0 Å². The molecule has 0 aromatic carbocycles. The van der Waals surface area contributed by atoms with E-state index in [1.807, 2.05) is 18.8 Å². The zero-order valence-electron chi connectivity index (χ0n) is 11.1. The second kappa shape index (κ2) is 6.89. The summed E-state index contributed by atoms with van der Waals surface area (Å²) < 4.78 is 0. The van der Waals surface area contributed by atoms with Gasteiger partial charge in [0.25, 0.3) is 5.56 Å². The first kappa shape index (κ1) is 15.2. The fourth-order valence-corrected chi connectivity index (χ4v) is 1.79. The predicted molar refractivity (Wildman–Crippen MR) is 69.9 cm³/mol. The fraction of sp³-hybridized carbons (Fsp3) is 0.583. The first-order valence-corrected chi connectivity index (χ1v) is 6.17. The van der Waals surface area contributed by atoms with Gasteiger partial charge in [-0.2, -0.15) is 0 Å². The van der Waals surface area contributed by atoms with E-state index in [4.69, 9.17) is 5.11 Å². The van der Waals surface area contributed by atoms with Crippen LogP contribution in [0.1, 0.15) is 26.0 Å². The summed E-state index contributed by atoms with van der Waals surface area (Å²) in [7, 11) is 0. The van der Waals surface area contributed by atoms with E-state index in [0.717, 1.165) is 0 Å². The van der Waals surface area contributed by atoms with Crippen molar-refractivity contribution in [3.05, 3.63) is 32.6 Å². The summed E-state index contributed by atoms with van der Waals surface area (Å²) in [5, 5.41) is 8.81. The van der Waals surface area contributed by atoms with Gasteiger partial charge in [0.2, 0.25) is 5.91 Å². The van der Waals surface area contributed by atoms with E-state index < -0.39 is 11.2 Å².